The third kappa shape index (κ3) is 3.43. The van der Waals surface area contributed by atoms with E-state index in [4.69, 9.17) is 0 Å². The van der Waals surface area contributed by atoms with Crippen LogP contribution in [0.15, 0.2) is 11.6 Å². The normalized spacial score (nSPS) is 17.8. The molecule has 0 bridgehead atoms. The molecule has 1 aliphatic heterocycles. The Bertz CT molecular complexity index is 347. The monoisotopic (exact) mass is 253 g/mol. The molecule has 1 aromatic heterocycles. The number of nitrogens with one attached hydrogen (secondary N) is 1. The summed E-state index contributed by atoms with van der Waals surface area (Å²) in [6.45, 7) is 4.56. The predicted molar refractivity (Wildman–Crippen MR) is 69.4 cm³/mol. The van der Waals surface area contributed by atoms with Crippen molar-refractivity contribution in [2.45, 2.75) is 32.1 Å². The van der Waals surface area contributed by atoms with Crippen LogP contribution in [0.2, 0.25) is 0 Å². The Morgan fingerprint density at radius 3 is 2.94 bits per heavy atom. The van der Waals surface area contributed by atoms with Crippen LogP contribution in [0, 0.1) is 0 Å². The second-order valence-electron chi connectivity index (χ2n) is 4.51. The summed E-state index contributed by atoms with van der Waals surface area (Å²) in [5.74, 6) is 0.295. The van der Waals surface area contributed by atoms with Crippen molar-refractivity contribution in [1.29, 1.82) is 0 Å². The maximum absolute atomic E-state index is 11.9. The number of piperidine rings is 1. The van der Waals surface area contributed by atoms with Crippen LogP contribution in [0.3, 0.4) is 0 Å². The van der Waals surface area contributed by atoms with Gasteiger partial charge in [-0.15, -0.1) is 11.3 Å². The Kier molecular flexibility index (Phi) is 4.36. The standard InChI is InChI=1S/C12H19N3OS/c1-10(11-13-5-8-17-11)9-14-12(16)15-6-3-2-4-7-15/h5,8,10H,2-4,6-7,9H2,1H3,(H,14,16). The Balaban J connectivity index is 1.75. The molecule has 5 heteroatoms. The molecule has 1 atom stereocenters. The number of nitrogens with zero attached hydrogens (tertiary/aromatic N) is 2. The van der Waals surface area contributed by atoms with E-state index in [9.17, 15) is 4.79 Å². The number of thiazole rings is 1. The largest absolute Gasteiger partial charge is 0.337 e. The van der Waals surface area contributed by atoms with Gasteiger partial charge >= 0.3 is 6.03 Å². The van der Waals surface area contributed by atoms with E-state index in [-0.39, 0.29) is 6.03 Å². The van der Waals surface area contributed by atoms with Crippen LogP contribution in [0.4, 0.5) is 4.79 Å². The van der Waals surface area contributed by atoms with Crippen LogP contribution in [0.5, 0.6) is 0 Å². The average molecular weight is 253 g/mol. The molecular weight excluding hydrogens is 234 g/mol. The van der Waals surface area contributed by atoms with Gasteiger partial charge in [0.1, 0.15) is 0 Å². The lowest BCUT2D eigenvalue weighted by Crippen LogP contribution is -2.43. The molecule has 1 aliphatic rings. The minimum atomic E-state index is 0.0770. The quantitative estimate of drug-likeness (QED) is 0.899. The molecule has 1 fully saturated rings. The van der Waals surface area contributed by atoms with Crippen LogP contribution < -0.4 is 5.32 Å². The fraction of sp³-hybridized carbons (Fsp3) is 0.667. The maximum atomic E-state index is 11.9. The van der Waals surface area contributed by atoms with Gasteiger partial charge in [-0.05, 0) is 19.3 Å². The zero-order valence-corrected chi connectivity index (χ0v) is 11.0. The zero-order chi connectivity index (χ0) is 12.1. The lowest BCUT2D eigenvalue weighted by Gasteiger charge is -2.27. The van der Waals surface area contributed by atoms with Crippen molar-refractivity contribution >= 4 is 17.4 Å². The van der Waals surface area contributed by atoms with E-state index in [0.29, 0.717) is 12.5 Å². The van der Waals surface area contributed by atoms with Crippen LogP contribution in [0.25, 0.3) is 0 Å². The van der Waals surface area contributed by atoms with E-state index in [1.165, 1.54) is 6.42 Å². The van der Waals surface area contributed by atoms with E-state index in [0.717, 1.165) is 30.9 Å². The number of hydrogen-bond acceptors (Lipinski definition) is 3. The number of carbonyl (C=O) groups is 1. The molecular formula is C12H19N3OS. The van der Waals surface area contributed by atoms with Crippen LogP contribution in [0.1, 0.15) is 37.1 Å². The SMILES string of the molecule is CC(CNC(=O)N1CCCCC1)c1nccs1. The molecule has 0 spiro atoms. The van der Waals surface area contributed by atoms with Gasteiger partial charge in [0, 0.05) is 37.1 Å². The van der Waals surface area contributed by atoms with Crippen molar-refractivity contribution in [2.24, 2.45) is 0 Å². The Morgan fingerprint density at radius 1 is 1.53 bits per heavy atom. The summed E-state index contributed by atoms with van der Waals surface area (Å²) in [6.07, 6.45) is 5.33. The van der Waals surface area contributed by atoms with E-state index in [1.54, 1.807) is 11.3 Å². The topological polar surface area (TPSA) is 45.2 Å². The third-order valence-electron chi connectivity index (χ3n) is 3.08. The molecule has 0 aromatic carbocycles. The fourth-order valence-corrected chi connectivity index (χ4v) is 2.71. The fourth-order valence-electron chi connectivity index (χ4n) is 2.01. The second kappa shape index (κ2) is 6.00. The maximum Gasteiger partial charge on any atom is 0.317 e. The zero-order valence-electron chi connectivity index (χ0n) is 10.2. The molecule has 1 N–H and O–H groups in total. The van der Waals surface area contributed by atoms with Crippen LogP contribution in [-0.2, 0) is 0 Å². The van der Waals surface area contributed by atoms with Gasteiger partial charge in [-0.25, -0.2) is 9.78 Å². The Morgan fingerprint density at radius 2 is 2.29 bits per heavy atom. The Labute approximate surface area is 106 Å². The number of hydrogen-bond donors (Lipinski definition) is 1. The molecule has 0 saturated carbocycles. The van der Waals surface area contributed by atoms with Gasteiger partial charge in [0.25, 0.3) is 0 Å². The molecule has 17 heavy (non-hydrogen) atoms. The van der Waals surface area contributed by atoms with Gasteiger partial charge in [-0.1, -0.05) is 6.92 Å². The van der Waals surface area contributed by atoms with Crippen LogP contribution >= 0.6 is 11.3 Å². The molecule has 2 amide bonds. The first kappa shape index (κ1) is 12.4. The first-order chi connectivity index (χ1) is 8.27. The molecule has 0 radical (unpaired) electrons. The minimum absolute atomic E-state index is 0.0770. The van der Waals surface area contributed by atoms with Crippen LogP contribution in [-0.4, -0.2) is 35.5 Å². The molecule has 94 valence electrons. The number of likely N-dealkylation sites (tertiary alicyclic amines) is 1. The molecule has 2 heterocycles. The highest BCUT2D eigenvalue weighted by atomic mass is 32.1. The number of aromatic nitrogens is 1. The summed E-state index contributed by atoms with van der Waals surface area (Å²) in [5.41, 5.74) is 0. The summed E-state index contributed by atoms with van der Waals surface area (Å²) in [5, 5.41) is 6.05. The summed E-state index contributed by atoms with van der Waals surface area (Å²) in [4.78, 5) is 18.0. The van der Waals surface area contributed by atoms with E-state index >= 15 is 0 Å². The van der Waals surface area contributed by atoms with Gasteiger partial charge in [0.05, 0.1) is 5.01 Å². The number of carbonyl (C=O) groups excluding carboxylic acids is 1. The average Bonchev–Trinajstić information content (AvgIpc) is 2.90. The number of rotatable bonds is 3. The van der Waals surface area contributed by atoms with Crippen molar-refractivity contribution in [3.05, 3.63) is 16.6 Å². The first-order valence-corrected chi connectivity index (χ1v) is 7.07. The highest BCUT2D eigenvalue weighted by molar-refractivity contribution is 7.09. The highest BCUT2D eigenvalue weighted by Gasteiger charge is 2.17. The van der Waals surface area contributed by atoms with Crippen molar-refractivity contribution < 1.29 is 4.79 Å². The van der Waals surface area contributed by atoms with Gasteiger partial charge in [0.15, 0.2) is 0 Å². The first-order valence-electron chi connectivity index (χ1n) is 6.19. The molecule has 1 unspecified atom stereocenters. The highest BCUT2D eigenvalue weighted by Crippen LogP contribution is 2.16. The van der Waals surface area contributed by atoms with Gasteiger partial charge in [-0.3, -0.25) is 0 Å². The van der Waals surface area contributed by atoms with Crippen molar-refractivity contribution in [1.82, 2.24) is 15.2 Å². The second-order valence-corrected chi connectivity index (χ2v) is 5.43. The summed E-state index contributed by atoms with van der Waals surface area (Å²) in [7, 11) is 0. The minimum Gasteiger partial charge on any atom is -0.337 e. The van der Waals surface area contributed by atoms with Gasteiger partial charge in [-0.2, -0.15) is 0 Å². The lowest BCUT2D eigenvalue weighted by atomic mass is 10.1. The van der Waals surface area contributed by atoms with Crippen molar-refractivity contribution in [3.8, 4) is 0 Å². The van der Waals surface area contributed by atoms with E-state index in [2.05, 4.69) is 17.2 Å². The van der Waals surface area contributed by atoms with E-state index in [1.807, 2.05) is 16.5 Å². The summed E-state index contributed by atoms with van der Waals surface area (Å²) in [6, 6.07) is 0.0770. The Hall–Kier alpha value is -1.10. The summed E-state index contributed by atoms with van der Waals surface area (Å²) < 4.78 is 0. The number of urea groups is 1. The van der Waals surface area contributed by atoms with Crippen molar-refractivity contribution in [3.63, 3.8) is 0 Å². The third-order valence-corrected chi connectivity index (χ3v) is 4.08. The molecule has 1 saturated heterocycles. The van der Waals surface area contributed by atoms with Gasteiger partial charge in [0.2, 0.25) is 0 Å². The summed E-state index contributed by atoms with van der Waals surface area (Å²) >= 11 is 1.64. The number of amides is 2. The lowest BCUT2D eigenvalue weighted by molar-refractivity contribution is 0.186. The molecule has 1 aromatic rings. The smallest absolute Gasteiger partial charge is 0.317 e. The molecule has 2 rings (SSSR count). The molecule has 0 aliphatic carbocycles. The van der Waals surface area contributed by atoms with E-state index < -0.39 is 0 Å². The van der Waals surface area contributed by atoms with Gasteiger partial charge < -0.3 is 10.2 Å². The molecule has 4 nitrogen and oxygen atoms in total. The van der Waals surface area contributed by atoms with Crippen molar-refractivity contribution in [2.75, 3.05) is 19.6 Å². The predicted octanol–water partition coefficient (Wildman–Crippen LogP) is 2.44.